The number of rotatable bonds is 22. The fourth-order valence-electron chi connectivity index (χ4n) is 5.75. The lowest BCUT2D eigenvalue weighted by Crippen LogP contribution is -2.33. The van der Waals surface area contributed by atoms with E-state index in [0.29, 0.717) is 18.1 Å². The average molecular weight is 510 g/mol. The minimum atomic E-state index is -0.138. The quantitative estimate of drug-likeness (QED) is 0.0830. The molecule has 1 rings (SSSR count). The van der Waals surface area contributed by atoms with Crippen molar-refractivity contribution in [1.29, 1.82) is 0 Å². The molecule has 214 valence electrons. The summed E-state index contributed by atoms with van der Waals surface area (Å²) in [7, 11) is 3.79. The topological polar surface area (TPSA) is 42.1 Å². The van der Waals surface area contributed by atoms with E-state index in [0.717, 1.165) is 12.8 Å². The number of nitrogens with zero attached hydrogens (tertiary/aromatic N) is 1. The molecular weight excluding hydrogens is 446 g/mol. The Morgan fingerprint density at radius 2 is 1.36 bits per heavy atom. The summed E-state index contributed by atoms with van der Waals surface area (Å²) < 4.78 is 11.9. The first-order valence-electron chi connectivity index (χ1n) is 15.4. The Bertz CT molecular complexity index is 586. The predicted octanol–water partition coefficient (Wildman–Crippen LogP) is 8.81. The van der Waals surface area contributed by atoms with Gasteiger partial charge in [0.25, 0.3) is 0 Å². The van der Waals surface area contributed by atoms with Gasteiger partial charge in [-0.1, -0.05) is 113 Å². The van der Waals surface area contributed by atoms with Crippen molar-refractivity contribution >= 4 is 5.97 Å². The third-order valence-corrected chi connectivity index (χ3v) is 8.27. The number of hydrogen-bond acceptors (Lipinski definition) is 4. The number of epoxide rings is 1. The molecule has 0 radical (unpaired) electrons. The largest absolute Gasteiger partial charge is 0.461 e. The van der Waals surface area contributed by atoms with E-state index < -0.39 is 0 Å². The molecule has 4 atom stereocenters. The van der Waals surface area contributed by atoms with Crippen LogP contribution in [0.15, 0.2) is 0 Å². The molecule has 0 amide bonds. The Hall–Kier alpha value is -0.610. The summed E-state index contributed by atoms with van der Waals surface area (Å²) >= 11 is 0. The number of carbonyl (C=O) groups is 1. The van der Waals surface area contributed by atoms with Crippen LogP contribution in [0.4, 0.5) is 0 Å². The van der Waals surface area contributed by atoms with Gasteiger partial charge in [-0.25, -0.2) is 0 Å². The normalized spacial score (nSPS) is 19.9. The summed E-state index contributed by atoms with van der Waals surface area (Å²) in [6.45, 7) is 16.6. The molecule has 0 saturated carbocycles. The van der Waals surface area contributed by atoms with Gasteiger partial charge in [0.05, 0.1) is 18.8 Å². The Morgan fingerprint density at radius 3 is 1.92 bits per heavy atom. The highest BCUT2D eigenvalue weighted by atomic mass is 16.6. The molecule has 0 aliphatic carbocycles. The van der Waals surface area contributed by atoms with Gasteiger partial charge < -0.3 is 9.47 Å². The van der Waals surface area contributed by atoms with Crippen molar-refractivity contribution in [1.82, 2.24) is 4.90 Å². The van der Waals surface area contributed by atoms with Crippen molar-refractivity contribution in [3.63, 3.8) is 0 Å². The molecule has 0 spiro atoms. The smallest absolute Gasteiger partial charge is 0.320 e. The first-order chi connectivity index (χ1) is 16.9. The van der Waals surface area contributed by atoms with E-state index in [1.54, 1.807) is 0 Å². The average Bonchev–Trinajstić information content (AvgIpc) is 3.53. The van der Waals surface area contributed by atoms with E-state index in [9.17, 15) is 4.79 Å². The lowest BCUT2D eigenvalue weighted by molar-refractivity contribution is -0.152. The standard InChI is InChI=1S/C32H63NO3/c1-10-12-13-14-15-16-17-18-19-21-31(4,5)22-20-23-32(6,7)24-28-30(36-28)26(3)27(11-2)35-29(34)25-33(8)9/h26-28,30H,10-25H2,1-9H3. The highest BCUT2D eigenvalue weighted by Crippen LogP contribution is 2.43. The summed E-state index contributed by atoms with van der Waals surface area (Å²) in [5.74, 6) is 0.110. The lowest BCUT2D eigenvalue weighted by Gasteiger charge is -2.29. The van der Waals surface area contributed by atoms with E-state index in [1.807, 2.05) is 19.0 Å². The van der Waals surface area contributed by atoms with Gasteiger partial charge in [0.2, 0.25) is 0 Å². The number of ether oxygens (including phenoxy) is 2. The second kappa shape index (κ2) is 17.1. The van der Waals surface area contributed by atoms with Crippen molar-refractivity contribution in [2.75, 3.05) is 20.6 Å². The number of esters is 1. The Labute approximate surface area is 225 Å². The van der Waals surface area contributed by atoms with Crippen LogP contribution >= 0.6 is 0 Å². The molecule has 4 nitrogen and oxygen atoms in total. The SMILES string of the molecule is CCCCCCCCCCCC(C)(C)CCCC(C)(C)CC1OC1C(C)C(CC)OC(=O)CN(C)C. The summed E-state index contributed by atoms with van der Waals surface area (Å²) in [6, 6.07) is 0. The molecule has 1 saturated heterocycles. The molecule has 0 aromatic carbocycles. The number of hydrogen-bond donors (Lipinski definition) is 0. The summed E-state index contributed by atoms with van der Waals surface area (Å²) in [5.41, 5.74) is 0.741. The minimum Gasteiger partial charge on any atom is -0.461 e. The van der Waals surface area contributed by atoms with Crippen LogP contribution in [0.2, 0.25) is 0 Å². The molecule has 0 bridgehead atoms. The fraction of sp³-hybridized carbons (Fsp3) is 0.969. The van der Waals surface area contributed by atoms with Gasteiger partial charge in [-0.3, -0.25) is 9.69 Å². The Balaban J connectivity index is 2.25. The summed E-state index contributed by atoms with van der Waals surface area (Å²) in [6.07, 6.45) is 20.3. The van der Waals surface area contributed by atoms with Crippen molar-refractivity contribution in [2.45, 2.75) is 163 Å². The molecule has 1 heterocycles. The minimum absolute atomic E-state index is 0.0579. The third-order valence-electron chi connectivity index (χ3n) is 8.27. The van der Waals surface area contributed by atoms with Crippen molar-refractivity contribution in [3.8, 4) is 0 Å². The van der Waals surface area contributed by atoms with Gasteiger partial charge in [-0.15, -0.1) is 0 Å². The highest BCUT2D eigenvalue weighted by Gasteiger charge is 2.48. The van der Waals surface area contributed by atoms with Crippen molar-refractivity contribution < 1.29 is 14.3 Å². The number of likely N-dealkylation sites (N-methyl/N-ethyl adjacent to an activating group) is 1. The highest BCUT2D eigenvalue weighted by molar-refractivity contribution is 5.71. The Kier molecular flexibility index (Phi) is 15.8. The zero-order valence-electron chi connectivity index (χ0n) is 25.8. The van der Waals surface area contributed by atoms with E-state index >= 15 is 0 Å². The zero-order chi connectivity index (χ0) is 27.2. The van der Waals surface area contributed by atoms with Crippen LogP contribution in [0, 0.1) is 16.7 Å². The van der Waals surface area contributed by atoms with Crippen molar-refractivity contribution in [3.05, 3.63) is 0 Å². The van der Waals surface area contributed by atoms with Crippen LogP contribution in [0.25, 0.3) is 0 Å². The molecular formula is C32H63NO3. The van der Waals surface area contributed by atoms with Gasteiger partial charge in [0.15, 0.2) is 0 Å². The molecule has 0 N–H and O–H groups in total. The van der Waals surface area contributed by atoms with Gasteiger partial charge in [0, 0.05) is 5.92 Å². The third kappa shape index (κ3) is 15.0. The van der Waals surface area contributed by atoms with E-state index in [4.69, 9.17) is 9.47 Å². The van der Waals surface area contributed by atoms with Gasteiger partial charge in [-0.2, -0.15) is 0 Å². The van der Waals surface area contributed by atoms with Crippen LogP contribution in [0.1, 0.15) is 145 Å². The molecule has 1 aliphatic heterocycles. The molecule has 0 aromatic heterocycles. The van der Waals surface area contributed by atoms with Crippen LogP contribution < -0.4 is 0 Å². The van der Waals surface area contributed by atoms with Crippen molar-refractivity contribution in [2.24, 2.45) is 16.7 Å². The number of carbonyl (C=O) groups excluding carboxylic acids is 1. The summed E-state index contributed by atoms with van der Waals surface area (Å²) in [5, 5.41) is 0. The maximum Gasteiger partial charge on any atom is 0.320 e. The molecule has 0 aromatic rings. The van der Waals surface area contributed by atoms with Crippen LogP contribution in [0.3, 0.4) is 0 Å². The second-order valence-corrected chi connectivity index (χ2v) is 13.6. The van der Waals surface area contributed by atoms with Crippen LogP contribution in [-0.2, 0) is 14.3 Å². The first kappa shape index (κ1) is 33.4. The summed E-state index contributed by atoms with van der Waals surface area (Å²) in [4.78, 5) is 14.0. The molecule has 36 heavy (non-hydrogen) atoms. The maximum atomic E-state index is 12.1. The molecule has 4 unspecified atom stereocenters. The monoisotopic (exact) mass is 509 g/mol. The maximum absolute atomic E-state index is 12.1. The zero-order valence-corrected chi connectivity index (χ0v) is 25.8. The van der Waals surface area contributed by atoms with Crippen LogP contribution in [0.5, 0.6) is 0 Å². The van der Waals surface area contributed by atoms with E-state index in [2.05, 4.69) is 48.5 Å². The van der Waals surface area contributed by atoms with Crippen LogP contribution in [-0.4, -0.2) is 49.8 Å². The molecule has 4 heteroatoms. The first-order valence-corrected chi connectivity index (χ1v) is 15.4. The number of unbranched alkanes of at least 4 members (excludes halogenated alkanes) is 8. The van der Waals surface area contributed by atoms with Gasteiger partial charge in [0.1, 0.15) is 6.10 Å². The fourth-order valence-corrected chi connectivity index (χ4v) is 5.75. The predicted molar refractivity (Wildman–Crippen MR) is 154 cm³/mol. The second-order valence-electron chi connectivity index (χ2n) is 13.6. The molecule has 1 fully saturated rings. The lowest BCUT2D eigenvalue weighted by atomic mass is 9.76. The Morgan fingerprint density at radius 1 is 0.833 bits per heavy atom. The van der Waals surface area contributed by atoms with Gasteiger partial charge in [-0.05, 0) is 57.0 Å². The van der Waals surface area contributed by atoms with E-state index in [-0.39, 0.29) is 29.5 Å². The van der Waals surface area contributed by atoms with Gasteiger partial charge >= 0.3 is 5.97 Å². The molecule has 1 aliphatic rings. The van der Waals surface area contributed by atoms with E-state index in [1.165, 1.54) is 83.5 Å².